The van der Waals surface area contributed by atoms with Crippen LogP contribution in [0.4, 0.5) is 0 Å². The van der Waals surface area contributed by atoms with Crippen LogP contribution in [0.15, 0.2) is 18.2 Å². The van der Waals surface area contributed by atoms with E-state index in [0.717, 1.165) is 0 Å². The number of ketones is 1. The van der Waals surface area contributed by atoms with Crippen LogP contribution < -0.4 is 0 Å². The van der Waals surface area contributed by atoms with Gasteiger partial charge in [0.2, 0.25) is 0 Å². The maximum Gasteiger partial charge on any atom is 0.311 e. The number of aliphatic carboxylic acids is 1. The van der Waals surface area contributed by atoms with Gasteiger partial charge < -0.3 is 5.11 Å². The van der Waals surface area contributed by atoms with E-state index < -0.39 is 11.9 Å². The molecule has 0 aliphatic heterocycles. The molecule has 1 fully saturated rings. The van der Waals surface area contributed by atoms with Gasteiger partial charge in [-0.1, -0.05) is 37.8 Å². The fraction of sp³-hybridized carbons (Fsp3) is 0.529. The highest BCUT2D eigenvalue weighted by Crippen LogP contribution is 2.38. The zero-order valence-corrected chi connectivity index (χ0v) is 11.6. The molecule has 3 nitrogen and oxygen atoms in total. The number of carbonyl (C=O) groups excluding carboxylic acids is 1. The van der Waals surface area contributed by atoms with Gasteiger partial charge in [0.25, 0.3) is 0 Å². The smallest absolute Gasteiger partial charge is 0.311 e. The van der Waals surface area contributed by atoms with E-state index in [1.807, 2.05) is 18.2 Å². The van der Waals surface area contributed by atoms with Crippen LogP contribution in [-0.4, -0.2) is 16.9 Å². The fourth-order valence-corrected chi connectivity index (χ4v) is 3.61. The lowest BCUT2D eigenvalue weighted by Gasteiger charge is -2.16. The Morgan fingerprint density at radius 2 is 1.80 bits per heavy atom. The van der Waals surface area contributed by atoms with E-state index in [-0.39, 0.29) is 12.2 Å². The SMILES string of the molecule is O=C1CC(C(=O)O)c2ccc(C3CCCCCC3)cc21. The van der Waals surface area contributed by atoms with E-state index in [2.05, 4.69) is 0 Å². The van der Waals surface area contributed by atoms with Gasteiger partial charge in [0.15, 0.2) is 5.78 Å². The summed E-state index contributed by atoms with van der Waals surface area (Å²) in [6.07, 6.45) is 7.63. The molecule has 20 heavy (non-hydrogen) atoms. The Morgan fingerprint density at radius 3 is 2.45 bits per heavy atom. The van der Waals surface area contributed by atoms with Gasteiger partial charge in [-0.05, 0) is 36.0 Å². The second kappa shape index (κ2) is 5.39. The minimum Gasteiger partial charge on any atom is -0.481 e. The van der Waals surface area contributed by atoms with Crippen molar-refractivity contribution >= 4 is 11.8 Å². The van der Waals surface area contributed by atoms with Crippen LogP contribution in [0.2, 0.25) is 0 Å². The lowest BCUT2D eigenvalue weighted by Crippen LogP contribution is -2.08. The van der Waals surface area contributed by atoms with Gasteiger partial charge in [-0.3, -0.25) is 9.59 Å². The first-order valence-electron chi connectivity index (χ1n) is 7.56. The van der Waals surface area contributed by atoms with Crippen LogP contribution >= 0.6 is 0 Å². The lowest BCUT2D eigenvalue weighted by molar-refractivity contribution is -0.138. The van der Waals surface area contributed by atoms with Gasteiger partial charge >= 0.3 is 5.97 Å². The number of hydrogen-bond donors (Lipinski definition) is 1. The minimum absolute atomic E-state index is 0.0112. The summed E-state index contributed by atoms with van der Waals surface area (Å²) in [7, 11) is 0. The average Bonchev–Trinajstić information content (AvgIpc) is 2.64. The molecule has 1 unspecified atom stereocenters. The second-order valence-corrected chi connectivity index (χ2v) is 6.05. The van der Waals surface area contributed by atoms with E-state index >= 15 is 0 Å². The van der Waals surface area contributed by atoms with Gasteiger partial charge in [0.05, 0.1) is 5.92 Å². The van der Waals surface area contributed by atoms with Crippen molar-refractivity contribution in [1.29, 1.82) is 0 Å². The maximum atomic E-state index is 12.0. The molecule has 1 N–H and O–H groups in total. The van der Waals surface area contributed by atoms with Crippen molar-refractivity contribution in [2.24, 2.45) is 0 Å². The molecule has 0 saturated heterocycles. The Kier molecular flexibility index (Phi) is 3.60. The zero-order valence-electron chi connectivity index (χ0n) is 11.6. The molecule has 3 rings (SSSR count). The summed E-state index contributed by atoms with van der Waals surface area (Å²) in [4.78, 5) is 23.2. The normalized spacial score (nSPS) is 23.4. The van der Waals surface area contributed by atoms with Gasteiger partial charge in [0, 0.05) is 12.0 Å². The van der Waals surface area contributed by atoms with Gasteiger partial charge in [-0.2, -0.15) is 0 Å². The van der Waals surface area contributed by atoms with Gasteiger partial charge in [0.1, 0.15) is 0 Å². The molecule has 3 heteroatoms. The van der Waals surface area contributed by atoms with Crippen LogP contribution in [0.5, 0.6) is 0 Å². The minimum atomic E-state index is -0.890. The third kappa shape index (κ3) is 2.37. The van der Waals surface area contributed by atoms with E-state index in [9.17, 15) is 14.7 Å². The van der Waals surface area contributed by atoms with Crippen molar-refractivity contribution in [2.75, 3.05) is 0 Å². The van der Waals surface area contributed by atoms with Crippen LogP contribution in [-0.2, 0) is 4.79 Å². The predicted molar refractivity (Wildman–Crippen MR) is 76.2 cm³/mol. The molecule has 1 saturated carbocycles. The number of carboxylic acid groups (broad SMARTS) is 1. The summed E-state index contributed by atoms with van der Waals surface area (Å²) in [5.74, 6) is -0.998. The Balaban J connectivity index is 1.91. The highest BCUT2D eigenvalue weighted by molar-refractivity contribution is 6.05. The Labute approximate surface area is 119 Å². The van der Waals surface area contributed by atoms with Gasteiger partial charge in [-0.15, -0.1) is 0 Å². The second-order valence-electron chi connectivity index (χ2n) is 6.05. The standard InChI is InChI=1S/C17H20O3/c18-16-10-15(17(19)20)13-8-7-12(9-14(13)16)11-5-3-1-2-4-6-11/h7-9,11,15H,1-6,10H2,(H,19,20). The molecule has 1 aromatic carbocycles. The molecule has 0 aromatic heterocycles. The number of fused-ring (bicyclic) bond motifs is 1. The van der Waals surface area contributed by atoms with Crippen molar-refractivity contribution in [3.05, 3.63) is 34.9 Å². The molecule has 106 valence electrons. The zero-order chi connectivity index (χ0) is 14.1. The molecule has 1 atom stereocenters. The predicted octanol–water partition coefficient (Wildman–Crippen LogP) is 3.88. The van der Waals surface area contributed by atoms with Crippen molar-refractivity contribution in [3.8, 4) is 0 Å². The summed E-state index contributed by atoms with van der Waals surface area (Å²) in [5, 5.41) is 9.18. The first-order valence-corrected chi connectivity index (χ1v) is 7.56. The fourth-order valence-electron chi connectivity index (χ4n) is 3.61. The number of hydrogen-bond acceptors (Lipinski definition) is 2. The molecule has 0 heterocycles. The maximum absolute atomic E-state index is 12.0. The van der Waals surface area contributed by atoms with Crippen LogP contribution in [0.25, 0.3) is 0 Å². The highest BCUT2D eigenvalue weighted by Gasteiger charge is 2.34. The molecule has 0 spiro atoms. The molecule has 0 amide bonds. The third-order valence-electron chi connectivity index (χ3n) is 4.77. The van der Waals surface area contributed by atoms with E-state index in [4.69, 9.17) is 0 Å². The lowest BCUT2D eigenvalue weighted by atomic mass is 9.89. The number of Topliss-reactive ketones (excluding diaryl/α,β-unsaturated/α-hetero) is 1. The van der Waals surface area contributed by atoms with Crippen LogP contribution in [0.1, 0.15) is 78.3 Å². The number of benzene rings is 1. The largest absolute Gasteiger partial charge is 0.481 e. The Hall–Kier alpha value is -1.64. The molecule has 1 aromatic rings. The third-order valence-corrected chi connectivity index (χ3v) is 4.77. The first-order chi connectivity index (χ1) is 9.66. The molecule has 2 aliphatic rings. The summed E-state index contributed by atoms with van der Waals surface area (Å²) >= 11 is 0. The van der Waals surface area contributed by atoms with Crippen molar-refractivity contribution in [3.63, 3.8) is 0 Å². The summed E-state index contributed by atoms with van der Waals surface area (Å²) < 4.78 is 0. The van der Waals surface area contributed by atoms with Crippen LogP contribution in [0.3, 0.4) is 0 Å². The molecule has 0 bridgehead atoms. The quantitative estimate of drug-likeness (QED) is 0.831. The number of rotatable bonds is 2. The van der Waals surface area contributed by atoms with Gasteiger partial charge in [-0.25, -0.2) is 0 Å². The summed E-state index contributed by atoms with van der Waals surface area (Å²) in [6.45, 7) is 0. The molecular weight excluding hydrogens is 252 g/mol. The Bertz CT molecular complexity index is 539. The van der Waals surface area contributed by atoms with Crippen LogP contribution in [0, 0.1) is 0 Å². The van der Waals surface area contributed by atoms with E-state index in [1.165, 1.54) is 44.1 Å². The van der Waals surface area contributed by atoms with Crippen molar-refractivity contribution in [2.45, 2.75) is 56.8 Å². The number of carbonyl (C=O) groups is 2. The van der Waals surface area contributed by atoms with E-state index in [1.54, 1.807) is 0 Å². The molecule has 0 radical (unpaired) electrons. The molecular formula is C17H20O3. The summed E-state index contributed by atoms with van der Waals surface area (Å²) in [5.41, 5.74) is 2.59. The average molecular weight is 272 g/mol. The van der Waals surface area contributed by atoms with Crippen molar-refractivity contribution < 1.29 is 14.7 Å². The first kappa shape index (κ1) is 13.3. The summed E-state index contributed by atoms with van der Waals surface area (Å²) in [6, 6.07) is 5.89. The Morgan fingerprint density at radius 1 is 1.10 bits per heavy atom. The van der Waals surface area contributed by atoms with Crippen molar-refractivity contribution in [1.82, 2.24) is 0 Å². The number of carboxylic acids is 1. The topological polar surface area (TPSA) is 54.4 Å². The monoisotopic (exact) mass is 272 g/mol. The molecule has 2 aliphatic carbocycles. The van der Waals surface area contributed by atoms with E-state index in [0.29, 0.717) is 17.0 Å². The highest BCUT2D eigenvalue weighted by atomic mass is 16.4.